The molecule has 0 unspecified atom stereocenters. The molecule has 0 spiro atoms. The normalized spacial score (nSPS) is 10.0. The van der Waals surface area contributed by atoms with E-state index in [1.54, 1.807) is 25.1 Å². The van der Waals surface area contributed by atoms with Crippen molar-refractivity contribution in [3.05, 3.63) is 56.9 Å². The number of rotatable bonds is 5. The molecule has 6 heteroatoms. The Morgan fingerprint density at radius 2 is 2.09 bits per heavy atom. The Labute approximate surface area is 147 Å². The number of carbonyl (C=O) groups excluding carboxylic acids is 1. The second-order valence-electron chi connectivity index (χ2n) is 4.64. The van der Waals surface area contributed by atoms with E-state index in [4.69, 9.17) is 14.7 Å². The molecule has 2 aromatic rings. The first-order valence-electron chi connectivity index (χ1n) is 6.84. The third-order valence-corrected chi connectivity index (χ3v) is 3.77. The van der Waals surface area contributed by atoms with Gasteiger partial charge in [0, 0.05) is 6.07 Å². The monoisotopic (exact) mass is 425 g/mol. The van der Waals surface area contributed by atoms with Crippen molar-refractivity contribution in [3.8, 4) is 17.6 Å². The molecule has 23 heavy (non-hydrogen) atoms. The average Bonchev–Trinajstić information content (AvgIpc) is 2.50. The second kappa shape index (κ2) is 7.92. The SMILES string of the molecule is CCOC(=O)Cc1ccc(I)c(Oc2cc(F)cc(C#N)c2)c1. The fourth-order valence-corrected chi connectivity index (χ4v) is 2.37. The van der Waals surface area contributed by atoms with Crippen LogP contribution < -0.4 is 4.74 Å². The molecule has 0 amide bonds. The topological polar surface area (TPSA) is 59.3 Å². The summed E-state index contributed by atoms with van der Waals surface area (Å²) in [5.41, 5.74) is 0.911. The predicted molar refractivity (Wildman–Crippen MR) is 90.7 cm³/mol. The van der Waals surface area contributed by atoms with Crippen LogP contribution in [0.25, 0.3) is 0 Å². The van der Waals surface area contributed by atoms with Crippen LogP contribution in [0.1, 0.15) is 18.1 Å². The van der Waals surface area contributed by atoms with Crippen molar-refractivity contribution < 1.29 is 18.7 Å². The quantitative estimate of drug-likeness (QED) is 0.533. The number of esters is 1. The molecule has 0 aliphatic heterocycles. The lowest BCUT2D eigenvalue weighted by molar-refractivity contribution is -0.142. The van der Waals surface area contributed by atoms with Crippen LogP contribution in [0, 0.1) is 20.7 Å². The fourth-order valence-electron chi connectivity index (χ4n) is 1.93. The molecule has 2 aromatic carbocycles. The molecule has 0 aliphatic carbocycles. The summed E-state index contributed by atoms with van der Waals surface area (Å²) in [6.07, 6.45) is 0.133. The predicted octanol–water partition coefficient (Wildman–Crippen LogP) is 4.20. The molecule has 0 aromatic heterocycles. The van der Waals surface area contributed by atoms with E-state index in [1.807, 2.05) is 6.07 Å². The van der Waals surface area contributed by atoms with Crippen molar-refractivity contribution in [2.45, 2.75) is 13.3 Å². The lowest BCUT2D eigenvalue weighted by Crippen LogP contribution is -2.07. The molecule has 118 valence electrons. The molecule has 0 N–H and O–H groups in total. The van der Waals surface area contributed by atoms with Crippen LogP contribution in [0.5, 0.6) is 11.5 Å². The van der Waals surface area contributed by atoms with E-state index in [9.17, 15) is 9.18 Å². The van der Waals surface area contributed by atoms with Crippen molar-refractivity contribution in [1.82, 2.24) is 0 Å². The molecule has 0 saturated carbocycles. The lowest BCUT2D eigenvalue weighted by Gasteiger charge is -2.10. The molecule has 0 atom stereocenters. The molecular weight excluding hydrogens is 412 g/mol. The van der Waals surface area contributed by atoms with Crippen molar-refractivity contribution in [2.75, 3.05) is 6.61 Å². The summed E-state index contributed by atoms with van der Waals surface area (Å²) in [5, 5.41) is 8.88. The maximum atomic E-state index is 13.5. The van der Waals surface area contributed by atoms with E-state index < -0.39 is 5.82 Å². The van der Waals surface area contributed by atoms with Crippen molar-refractivity contribution in [3.63, 3.8) is 0 Å². The Morgan fingerprint density at radius 3 is 2.78 bits per heavy atom. The first-order valence-corrected chi connectivity index (χ1v) is 7.92. The Morgan fingerprint density at radius 1 is 1.30 bits per heavy atom. The van der Waals surface area contributed by atoms with Crippen molar-refractivity contribution in [1.29, 1.82) is 5.26 Å². The minimum absolute atomic E-state index is 0.133. The Balaban J connectivity index is 2.24. The molecule has 0 bridgehead atoms. The number of benzene rings is 2. The van der Waals surface area contributed by atoms with Crippen LogP contribution in [-0.2, 0) is 16.0 Å². The average molecular weight is 425 g/mol. The highest BCUT2D eigenvalue weighted by molar-refractivity contribution is 14.1. The van der Waals surface area contributed by atoms with Gasteiger partial charge in [0.05, 0.1) is 28.2 Å². The van der Waals surface area contributed by atoms with Gasteiger partial charge in [-0.1, -0.05) is 6.07 Å². The van der Waals surface area contributed by atoms with Gasteiger partial charge < -0.3 is 9.47 Å². The van der Waals surface area contributed by atoms with Gasteiger partial charge in [0.1, 0.15) is 17.3 Å². The highest BCUT2D eigenvalue weighted by Crippen LogP contribution is 2.29. The molecule has 0 aliphatic rings. The summed E-state index contributed by atoms with van der Waals surface area (Å²) in [5.74, 6) is -0.149. The number of carbonyl (C=O) groups is 1. The molecule has 0 saturated heterocycles. The summed E-state index contributed by atoms with van der Waals surface area (Å²) in [6, 6.07) is 11.0. The first-order chi connectivity index (χ1) is 11.0. The maximum absolute atomic E-state index is 13.5. The summed E-state index contributed by atoms with van der Waals surface area (Å²) in [6.45, 7) is 2.07. The van der Waals surface area contributed by atoms with Crippen LogP contribution >= 0.6 is 22.6 Å². The molecule has 0 fully saturated rings. The zero-order chi connectivity index (χ0) is 16.8. The van der Waals surface area contributed by atoms with Gasteiger partial charge in [-0.2, -0.15) is 5.26 Å². The number of nitriles is 1. The van der Waals surface area contributed by atoms with Crippen LogP contribution in [0.4, 0.5) is 4.39 Å². The van der Waals surface area contributed by atoms with E-state index in [1.165, 1.54) is 12.1 Å². The zero-order valence-corrected chi connectivity index (χ0v) is 14.5. The molecule has 2 rings (SSSR count). The van der Waals surface area contributed by atoms with Gasteiger partial charge in [0.2, 0.25) is 0 Å². The number of hydrogen-bond acceptors (Lipinski definition) is 4. The first kappa shape index (κ1) is 17.2. The summed E-state index contributed by atoms with van der Waals surface area (Å²) in [7, 11) is 0. The van der Waals surface area contributed by atoms with E-state index in [2.05, 4.69) is 22.6 Å². The summed E-state index contributed by atoms with van der Waals surface area (Å²) >= 11 is 2.08. The molecule has 4 nitrogen and oxygen atoms in total. The zero-order valence-electron chi connectivity index (χ0n) is 12.3. The molecule has 0 heterocycles. The standard InChI is InChI=1S/C17H13FINO3/c1-2-22-17(21)8-11-3-4-15(19)16(7-11)23-14-6-12(10-20)5-13(18)9-14/h3-7,9H,2,8H2,1H3. The summed E-state index contributed by atoms with van der Waals surface area (Å²) < 4.78 is 24.8. The number of hydrogen-bond donors (Lipinski definition) is 0. The molecule has 0 radical (unpaired) electrons. The van der Waals surface area contributed by atoms with Crippen LogP contribution in [-0.4, -0.2) is 12.6 Å². The van der Waals surface area contributed by atoms with Crippen LogP contribution in [0.3, 0.4) is 0 Å². The highest BCUT2D eigenvalue weighted by atomic mass is 127. The van der Waals surface area contributed by atoms with Gasteiger partial charge >= 0.3 is 5.97 Å². The van der Waals surface area contributed by atoms with Crippen molar-refractivity contribution in [2.24, 2.45) is 0 Å². The Bertz CT molecular complexity index is 771. The van der Waals surface area contributed by atoms with Gasteiger partial charge in [-0.15, -0.1) is 0 Å². The van der Waals surface area contributed by atoms with E-state index >= 15 is 0 Å². The number of nitrogens with zero attached hydrogens (tertiary/aromatic N) is 1. The minimum Gasteiger partial charge on any atom is -0.466 e. The van der Waals surface area contributed by atoms with E-state index in [0.29, 0.717) is 12.4 Å². The third-order valence-electron chi connectivity index (χ3n) is 2.88. The fraction of sp³-hybridized carbons (Fsp3) is 0.176. The van der Waals surface area contributed by atoms with Crippen LogP contribution in [0.2, 0.25) is 0 Å². The van der Waals surface area contributed by atoms with Crippen molar-refractivity contribution >= 4 is 28.6 Å². The van der Waals surface area contributed by atoms with E-state index in [0.717, 1.165) is 15.2 Å². The maximum Gasteiger partial charge on any atom is 0.310 e. The highest BCUT2D eigenvalue weighted by Gasteiger charge is 2.10. The van der Waals surface area contributed by atoms with Gasteiger partial charge in [-0.25, -0.2) is 4.39 Å². The minimum atomic E-state index is -0.545. The van der Waals surface area contributed by atoms with Gasteiger partial charge in [0.15, 0.2) is 0 Å². The summed E-state index contributed by atoms with van der Waals surface area (Å²) in [4.78, 5) is 11.5. The van der Waals surface area contributed by atoms with Gasteiger partial charge in [-0.3, -0.25) is 4.79 Å². The largest absolute Gasteiger partial charge is 0.466 e. The van der Waals surface area contributed by atoms with Gasteiger partial charge in [-0.05, 0) is 59.3 Å². The Hall–Kier alpha value is -2.14. The smallest absolute Gasteiger partial charge is 0.310 e. The molecular formula is C17H13FINO3. The Kier molecular flexibility index (Phi) is 5.93. The lowest BCUT2D eigenvalue weighted by atomic mass is 10.1. The number of ether oxygens (including phenoxy) is 2. The van der Waals surface area contributed by atoms with Gasteiger partial charge in [0.25, 0.3) is 0 Å². The van der Waals surface area contributed by atoms with Crippen LogP contribution in [0.15, 0.2) is 36.4 Å². The second-order valence-corrected chi connectivity index (χ2v) is 5.80. The number of halogens is 2. The third kappa shape index (κ3) is 4.93. The van der Waals surface area contributed by atoms with E-state index in [-0.39, 0.29) is 23.7 Å².